The number of nitrogens with two attached hydrogens (primary N) is 1. The fourth-order valence-electron chi connectivity index (χ4n) is 0.848. The van der Waals surface area contributed by atoms with Crippen molar-refractivity contribution in [3.63, 3.8) is 0 Å². The molecule has 0 unspecified atom stereocenters. The van der Waals surface area contributed by atoms with E-state index >= 15 is 0 Å². The van der Waals surface area contributed by atoms with Gasteiger partial charge in [-0.3, -0.25) is 0 Å². The van der Waals surface area contributed by atoms with Crippen LogP contribution in [-0.4, -0.2) is 39.4 Å². The van der Waals surface area contributed by atoms with Gasteiger partial charge in [0, 0.05) is 20.1 Å². The van der Waals surface area contributed by atoms with Crippen LogP contribution in [0.3, 0.4) is 0 Å². The molecule has 3 N–H and O–H groups in total. The van der Waals surface area contributed by atoms with E-state index in [0.29, 0.717) is 26.1 Å². The van der Waals surface area contributed by atoms with Gasteiger partial charge in [0.1, 0.15) is 0 Å². The van der Waals surface area contributed by atoms with E-state index in [2.05, 4.69) is 4.72 Å². The van der Waals surface area contributed by atoms with Crippen LogP contribution in [0.5, 0.6) is 0 Å². The predicted octanol–water partition coefficient (Wildman–Crippen LogP) is -0.489. The summed E-state index contributed by atoms with van der Waals surface area (Å²) in [6.07, 6.45) is 1.48. The second kappa shape index (κ2) is 6.31. The third kappa shape index (κ3) is 5.20. The van der Waals surface area contributed by atoms with Crippen molar-refractivity contribution >= 4 is 10.2 Å². The zero-order chi connectivity index (χ0) is 10.3. The molecule has 6 heteroatoms. The molecule has 0 rings (SSSR count). The summed E-state index contributed by atoms with van der Waals surface area (Å²) in [5.41, 5.74) is 5.24. The van der Waals surface area contributed by atoms with Crippen LogP contribution >= 0.6 is 0 Å². The van der Waals surface area contributed by atoms with Crippen LogP contribution in [-0.2, 0) is 10.2 Å². The molecule has 13 heavy (non-hydrogen) atoms. The number of rotatable bonds is 7. The van der Waals surface area contributed by atoms with Crippen molar-refractivity contribution in [1.82, 2.24) is 9.03 Å². The zero-order valence-corrected chi connectivity index (χ0v) is 9.10. The summed E-state index contributed by atoms with van der Waals surface area (Å²) >= 11 is 0. The van der Waals surface area contributed by atoms with Gasteiger partial charge in [-0.2, -0.15) is 12.7 Å². The van der Waals surface area contributed by atoms with Crippen LogP contribution in [0.2, 0.25) is 0 Å². The molecule has 0 aliphatic rings. The molecular formula is C7H19N3O2S. The Hall–Kier alpha value is -0.170. The van der Waals surface area contributed by atoms with E-state index in [1.807, 2.05) is 6.92 Å². The molecule has 0 heterocycles. The fraction of sp³-hybridized carbons (Fsp3) is 1.00. The molecular weight excluding hydrogens is 190 g/mol. The second-order valence-electron chi connectivity index (χ2n) is 2.86. The van der Waals surface area contributed by atoms with E-state index in [0.717, 1.165) is 6.42 Å². The van der Waals surface area contributed by atoms with E-state index in [9.17, 15) is 8.42 Å². The first kappa shape index (κ1) is 12.8. The van der Waals surface area contributed by atoms with Gasteiger partial charge in [0.25, 0.3) is 10.2 Å². The molecule has 0 aromatic carbocycles. The predicted molar refractivity (Wildman–Crippen MR) is 53.5 cm³/mol. The smallest absolute Gasteiger partial charge is 0.279 e. The van der Waals surface area contributed by atoms with Crippen LogP contribution in [0.25, 0.3) is 0 Å². The molecule has 0 fully saturated rings. The lowest BCUT2D eigenvalue weighted by molar-refractivity contribution is 0.456. The lowest BCUT2D eigenvalue weighted by atomic mass is 10.4. The molecule has 0 saturated heterocycles. The van der Waals surface area contributed by atoms with E-state index in [1.54, 1.807) is 7.05 Å². The molecule has 0 atom stereocenters. The number of nitrogens with one attached hydrogen (secondary N) is 1. The Morgan fingerprint density at radius 3 is 2.54 bits per heavy atom. The Morgan fingerprint density at radius 2 is 2.08 bits per heavy atom. The summed E-state index contributed by atoms with van der Waals surface area (Å²) < 4.78 is 26.5. The van der Waals surface area contributed by atoms with Crippen LogP contribution in [0.1, 0.15) is 19.8 Å². The first-order valence-electron chi connectivity index (χ1n) is 4.45. The molecule has 0 amide bonds. The second-order valence-corrected chi connectivity index (χ2v) is 4.73. The molecule has 0 radical (unpaired) electrons. The molecule has 5 nitrogen and oxygen atoms in total. The van der Waals surface area contributed by atoms with Gasteiger partial charge in [-0.05, 0) is 19.4 Å². The molecule has 80 valence electrons. The van der Waals surface area contributed by atoms with Crippen molar-refractivity contribution in [1.29, 1.82) is 0 Å². The van der Waals surface area contributed by atoms with Gasteiger partial charge in [0.15, 0.2) is 0 Å². The van der Waals surface area contributed by atoms with Crippen molar-refractivity contribution < 1.29 is 8.42 Å². The minimum atomic E-state index is -3.27. The maximum atomic E-state index is 11.4. The zero-order valence-electron chi connectivity index (χ0n) is 8.28. The first-order chi connectivity index (χ1) is 6.04. The minimum Gasteiger partial charge on any atom is -0.330 e. The molecule has 0 aliphatic heterocycles. The summed E-state index contributed by atoms with van der Waals surface area (Å²) in [4.78, 5) is 0. The highest BCUT2D eigenvalue weighted by Crippen LogP contribution is 1.94. The third-order valence-electron chi connectivity index (χ3n) is 1.61. The minimum absolute atomic E-state index is 0.410. The highest BCUT2D eigenvalue weighted by atomic mass is 32.2. The highest BCUT2D eigenvalue weighted by Gasteiger charge is 2.14. The van der Waals surface area contributed by atoms with Crippen molar-refractivity contribution in [3.05, 3.63) is 0 Å². The molecule has 0 aromatic heterocycles. The molecule has 0 bridgehead atoms. The summed E-state index contributed by atoms with van der Waals surface area (Å²) in [6.45, 7) is 3.39. The number of hydrogen-bond donors (Lipinski definition) is 2. The maximum Gasteiger partial charge on any atom is 0.279 e. The van der Waals surface area contributed by atoms with Crippen LogP contribution < -0.4 is 10.5 Å². The summed E-state index contributed by atoms with van der Waals surface area (Å²) in [5, 5.41) is 0. The van der Waals surface area contributed by atoms with Gasteiger partial charge in [0.05, 0.1) is 0 Å². The number of nitrogens with zero attached hydrogens (tertiary/aromatic N) is 1. The average Bonchev–Trinajstić information content (AvgIpc) is 2.05. The molecule has 0 aliphatic carbocycles. The Morgan fingerprint density at radius 1 is 1.46 bits per heavy atom. The van der Waals surface area contributed by atoms with Crippen molar-refractivity contribution in [2.45, 2.75) is 19.8 Å². The Bertz CT molecular complexity index is 216. The monoisotopic (exact) mass is 209 g/mol. The Balaban J connectivity index is 3.92. The summed E-state index contributed by atoms with van der Waals surface area (Å²) in [6, 6.07) is 0. The van der Waals surface area contributed by atoms with E-state index in [4.69, 9.17) is 5.73 Å². The molecule has 0 aromatic rings. The van der Waals surface area contributed by atoms with Gasteiger partial charge in [0.2, 0.25) is 0 Å². The van der Waals surface area contributed by atoms with Crippen molar-refractivity contribution in [2.24, 2.45) is 5.73 Å². The topological polar surface area (TPSA) is 75.4 Å². The lowest BCUT2D eigenvalue weighted by Crippen LogP contribution is -2.39. The van der Waals surface area contributed by atoms with Crippen LogP contribution in [0.15, 0.2) is 0 Å². The van der Waals surface area contributed by atoms with Crippen LogP contribution in [0, 0.1) is 0 Å². The normalized spacial score (nSPS) is 12.3. The SMILES string of the molecule is CCCN(C)S(=O)(=O)NCCCN. The third-order valence-corrected chi connectivity index (χ3v) is 3.19. The van der Waals surface area contributed by atoms with Crippen molar-refractivity contribution in [2.75, 3.05) is 26.7 Å². The van der Waals surface area contributed by atoms with E-state index in [1.165, 1.54) is 4.31 Å². The van der Waals surface area contributed by atoms with Gasteiger partial charge < -0.3 is 5.73 Å². The van der Waals surface area contributed by atoms with Crippen LogP contribution in [0.4, 0.5) is 0 Å². The van der Waals surface area contributed by atoms with Crippen molar-refractivity contribution in [3.8, 4) is 0 Å². The fourth-order valence-corrected chi connectivity index (χ4v) is 1.89. The van der Waals surface area contributed by atoms with Gasteiger partial charge in [-0.1, -0.05) is 6.92 Å². The van der Waals surface area contributed by atoms with Gasteiger partial charge >= 0.3 is 0 Å². The molecule has 0 spiro atoms. The standard InChI is InChI=1S/C7H19N3O2S/c1-3-7-10(2)13(11,12)9-6-4-5-8/h9H,3-8H2,1-2H3. The summed E-state index contributed by atoms with van der Waals surface area (Å²) in [7, 11) is -1.70. The highest BCUT2D eigenvalue weighted by molar-refractivity contribution is 7.87. The van der Waals surface area contributed by atoms with Gasteiger partial charge in [-0.15, -0.1) is 0 Å². The van der Waals surface area contributed by atoms with Gasteiger partial charge in [-0.25, -0.2) is 4.72 Å². The first-order valence-corrected chi connectivity index (χ1v) is 5.89. The maximum absolute atomic E-state index is 11.4. The largest absolute Gasteiger partial charge is 0.330 e. The average molecular weight is 209 g/mol. The van der Waals surface area contributed by atoms with E-state index < -0.39 is 10.2 Å². The quantitative estimate of drug-likeness (QED) is 0.556. The van der Waals surface area contributed by atoms with E-state index in [-0.39, 0.29) is 0 Å². The Labute approximate surface area is 80.5 Å². The summed E-state index contributed by atoms with van der Waals surface area (Å²) in [5.74, 6) is 0. The molecule has 0 saturated carbocycles. The lowest BCUT2D eigenvalue weighted by Gasteiger charge is -2.16. The Kier molecular flexibility index (Phi) is 6.23. The number of hydrogen-bond acceptors (Lipinski definition) is 3.